The first-order chi connectivity index (χ1) is 9.58. The molecule has 0 spiro atoms. The molecule has 0 aliphatic carbocycles. The lowest BCUT2D eigenvalue weighted by atomic mass is 9.98. The number of aryl methyl sites for hydroxylation is 1. The molecule has 0 aliphatic rings. The second-order valence-corrected chi connectivity index (χ2v) is 6.84. The summed E-state index contributed by atoms with van der Waals surface area (Å²) in [5.41, 5.74) is -0.840. The van der Waals surface area contributed by atoms with Gasteiger partial charge in [0.05, 0.1) is 5.60 Å². The minimum Gasteiger partial charge on any atom is -0.477 e. The van der Waals surface area contributed by atoms with E-state index in [0.29, 0.717) is 12.8 Å². The molecule has 1 aromatic rings. The Balaban J connectivity index is 3.13. The van der Waals surface area contributed by atoms with Crippen LogP contribution in [0.3, 0.4) is 0 Å². The Morgan fingerprint density at radius 2 is 1.81 bits per heavy atom. The molecular weight excluding hydrogens is 296 g/mol. The number of hydrogen-bond acceptors (Lipinski definition) is 4. The second kappa shape index (κ2) is 6.17. The molecule has 0 unspecified atom stereocenters. The number of nitrogens with one attached hydrogen (secondary N) is 2. The highest BCUT2D eigenvalue weighted by molar-refractivity contribution is 7.89. The molecule has 120 valence electrons. The largest absolute Gasteiger partial charge is 0.477 e. The third-order valence-electron chi connectivity index (χ3n) is 3.76. The predicted molar refractivity (Wildman–Crippen MR) is 77.9 cm³/mol. The number of carboxylic acids is 1. The van der Waals surface area contributed by atoms with Crippen molar-refractivity contribution in [2.75, 3.05) is 6.54 Å². The summed E-state index contributed by atoms with van der Waals surface area (Å²) in [6, 6.07) is 0. The Bertz CT molecular complexity index is 629. The highest BCUT2D eigenvalue weighted by atomic mass is 32.2. The molecule has 0 saturated carbocycles. The summed E-state index contributed by atoms with van der Waals surface area (Å²) in [5.74, 6) is -1.21. The van der Waals surface area contributed by atoms with Gasteiger partial charge in [0.2, 0.25) is 10.0 Å². The zero-order valence-corrected chi connectivity index (χ0v) is 13.5. The van der Waals surface area contributed by atoms with Crippen molar-refractivity contribution in [2.24, 2.45) is 0 Å². The van der Waals surface area contributed by atoms with E-state index in [1.54, 1.807) is 13.8 Å². The Kier molecular flexibility index (Phi) is 5.19. The van der Waals surface area contributed by atoms with E-state index in [9.17, 15) is 18.3 Å². The minimum atomic E-state index is -3.89. The number of carbonyl (C=O) groups is 1. The molecule has 0 radical (unpaired) electrons. The molecular formula is C13H22N2O5S. The molecule has 4 N–H and O–H groups in total. The molecule has 1 rings (SSSR count). The van der Waals surface area contributed by atoms with E-state index in [1.165, 1.54) is 13.8 Å². The third-order valence-corrected chi connectivity index (χ3v) is 5.43. The van der Waals surface area contributed by atoms with Crippen molar-refractivity contribution in [3.05, 3.63) is 17.0 Å². The Hall–Kier alpha value is -1.38. The van der Waals surface area contributed by atoms with Gasteiger partial charge in [0.25, 0.3) is 0 Å². The van der Waals surface area contributed by atoms with Crippen LogP contribution in [0.4, 0.5) is 0 Å². The summed E-state index contributed by atoms with van der Waals surface area (Å²) in [4.78, 5) is 13.5. The fourth-order valence-electron chi connectivity index (χ4n) is 2.15. The first kappa shape index (κ1) is 17.7. The van der Waals surface area contributed by atoms with Gasteiger partial charge in [-0.25, -0.2) is 17.9 Å². The number of aromatic nitrogens is 1. The van der Waals surface area contributed by atoms with Crippen LogP contribution in [0.15, 0.2) is 4.90 Å². The lowest BCUT2D eigenvalue weighted by Gasteiger charge is -2.25. The Labute approximate surface area is 124 Å². The van der Waals surface area contributed by atoms with E-state index in [2.05, 4.69) is 9.71 Å². The zero-order chi connectivity index (χ0) is 16.4. The standard InChI is InChI=1S/C13H22N2O5S/c1-5-13(18,6-2)7-14-21(19,20)11-8(3)10(12(16)17)15-9(11)4/h14-15,18H,5-7H2,1-4H3,(H,16,17). The predicted octanol–water partition coefficient (Wildman–Crippen LogP) is 1.16. The smallest absolute Gasteiger partial charge is 0.352 e. The van der Waals surface area contributed by atoms with Gasteiger partial charge in [-0.05, 0) is 26.7 Å². The molecule has 7 nitrogen and oxygen atoms in total. The highest BCUT2D eigenvalue weighted by Crippen LogP contribution is 2.24. The molecule has 0 bridgehead atoms. The number of H-pyrrole nitrogens is 1. The molecule has 0 atom stereocenters. The molecule has 0 aromatic carbocycles. The molecule has 1 heterocycles. The fourth-order valence-corrected chi connectivity index (χ4v) is 3.71. The summed E-state index contributed by atoms with van der Waals surface area (Å²) >= 11 is 0. The molecule has 0 fully saturated rings. The SMILES string of the molecule is CCC(O)(CC)CNS(=O)(=O)c1c(C)[nH]c(C(=O)O)c1C. The van der Waals surface area contributed by atoms with Crippen molar-refractivity contribution in [3.63, 3.8) is 0 Å². The highest BCUT2D eigenvalue weighted by Gasteiger charge is 2.29. The van der Waals surface area contributed by atoms with Crippen molar-refractivity contribution in [3.8, 4) is 0 Å². The van der Waals surface area contributed by atoms with Gasteiger partial charge in [-0.1, -0.05) is 13.8 Å². The Morgan fingerprint density at radius 1 is 1.29 bits per heavy atom. The van der Waals surface area contributed by atoms with Gasteiger partial charge < -0.3 is 15.2 Å². The van der Waals surface area contributed by atoms with Gasteiger partial charge in [-0.2, -0.15) is 0 Å². The van der Waals surface area contributed by atoms with E-state index in [0.717, 1.165) is 0 Å². The number of carboxylic acid groups (broad SMARTS) is 1. The monoisotopic (exact) mass is 318 g/mol. The quantitative estimate of drug-likeness (QED) is 0.601. The van der Waals surface area contributed by atoms with Gasteiger partial charge in [0.1, 0.15) is 10.6 Å². The lowest BCUT2D eigenvalue weighted by Crippen LogP contribution is -2.42. The van der Waals surface area contributed by atoms with Crippen molar-refractivity contribution in [1.82, 2.24) is 9.71 Å². The maximum absolute atomic E-state index is 12.4. The van der Waals surface area contributed by atoms with Gasteiger partial charge in [-0.3, -0.25) is 0 Å². The number of aromatic amines is 1. The molecule has 21 heavy (non-hydrogen) atoms. The average molecular weight is 318 g/mol. The van der Waals surface area contributed by atoms with Crippen LogP contribution in [0.2, 0.25) is 0 Å². The van der Waals surface area contributed by atoms with Gasteiger partial charge >= 0.3 is 5.97 Å². The van der Waals surface area contributed by atoms with Crippen LogP contribution in [0.5, 0.6) is 0 Å². The van der Waals surface area contributed by atoms with Crippen LogP contribution in [0, 0.1) is 13.8 Å². The number of hydrogen-bond donors (Lipinski definition) is 4. The summed E-state index contributed by atoms with van der Waals surface area (Å²) in [6.07, 6.45) is 0.828. The number of aliphatic hydroxyl groups is 1. The van der Waals surface area contributed by atoms with Crippen LogP contribution in [0.1, 0.15) is 48.4 Å². The van der Waals surface area contributed by atoms with Crippen LogP contribution >= 0.6 is 0 Å². The first-order valence-corrected chi connectivity index (χ1v) is 8.20. The Morgan fingerprint density at radius 3 is 2.19 bits per heavy atom. The van der Waals surface area contributed by atoms with Crippen molar-refractivity contribution in [2.45, 2.75) is 51.0 Å². The maximum atomic E-state index is 12.4. The molecule has 8 heteroatoms. The van der Waals surface area contributed by atoms with E-state index < -0.39 is 21.6 Å². The van der Waals surface area contributed by atoms with Gasteiger partial charge in [0.15, 0.2) is 0 Å². The van der Waals surface area contributed by atoms with Crippen molar-refractivity contribution < 1.29 is 23.4 Å². The van der Waals surface area contributed by atoms with E-state index in [1.807, 2.05) is 0 Å². The lowest BCUT2D eigenvalue weighted by molar-refractivity contribution is 0.0377. The summed E-state index contributed by atoms with van der Waals surface area (Å²) in [5, 5.41) is 19.2. The van der Waals surface area contributed by atoms with Gasteiger partial charge in [0, 0.05) is 17.8 Å². The normalized spacial score (nSPS) is 12.6. The summed E-state index contributed by atoms with van der Waals surface area (Å²) < 4.78 is 27.1. The fraction of sp³-hybridized carbons (Fsp3) is 0.615. The van der Waals surface area contributed by atoms with E-state index in [4.69, 9.17) is 5.11 Å². The minimum absolute atomic E-state index is 0.0746. The number of aromatic carboxylic acids is 1. The molecule has 0 saturated heterocycles. The summed E-state index contributed by atoms with van der Waals surface area (Å²) in [7, 11) is -3.89. The van der Waals surface area contributed by atoms with Crippen molar-refractivity contribution in [1.29, 1.82) is 0 Å². The molecule has 0 amide bonds. The first-order valence-electron chi connectivity index (χ1n) is 6.72. The second-order valence-electron chi connectivity index (χ2n) is 5.14. The maximum Gasteiger partial charge on any atom is 0.352 e. The number of rotatable bonds is 7. The van der Waals surface area contributed by atoms with Crippen LogP contribution in [-0.2, 0) is 10.0 Å². The topological polar surface area (TPSA) is 119 Å². The third kappa shape index (κ3) is 3.63. The van der Waals surface area contributed by atoms with Gasteiger partial charge in [-0.15, -0.1) is 0 Å². The summed E-state index contributed by atoms with van der Waals surface area (Å²) in [6.45, 7) is 6.36. The van der Waals surface area contributed by atoms with Crippen molar-refractivity contribution >= 4 is 16.0 Å². The number of sulfonamides is 1. The van der Waals surface area contributed by atoms with Crippen LogP contribution in [-0.4, -0.2) is 41.7 Å². The zero-order valence-electron chi connectivity index (χ0n) is 12.6. The van der Waals surface area contributed by atoms with E-state index >= 15 is 0 Å². The molecule has 0 aliphatic heterocycles. The van der Waals surface area contributed by atoms with Crippen LogP contribution in [0.25, 0.3) is 0 Å². The molecule has 1 aromatic heterocycles. The average Bonchev–Trinajstić information content (AvgIpc) is 2.72. The van der Waals surface area contributed by atoms with E-state index in [-0.39, 0.29) is 28.4 Å². The van der Waals surface area contributed by atoms with Crippen LogP contribution < -0.4 is 4.72 Å².